The van der Waals surface area contributed by atoms with E-state index in [1.165, 1.54) is 12.8 Å². The normalized spacial score (nSPS) is 16.2. The van der Waals surface area contributed by atoms with Gasteiger partial charge in [-0.2, -0.15) is 4.98 Å². The van der Waals surface area contributed by atoms with Crippen LogP contribution in [-0.2, 0) is 0 Å². The lowest BCUT2D eigenvalue weighted by Gasteiger charge is -2.26. The van der Waals surface area contributed by atoms with Crippen LogP contribution < -0.4 is 5.32 Å². The summed E-state index contributed by atoms with van der Waals surface area (Å²) >= 11 is 0. The highest BCUT2D eigenvalue weighted by Crippen LogP contribution is 2.28. The summed E-state index contributed by atoms with van der Waals surface area (Å²) in [6.07, 6.45) is 5.94. The Morgan fingerprint density at radius 3 is 2.84 bits per heavy atom. The molecule has 4 rings (SSSR count). The Bertz CT molecular complexity index is 809. The predicted octanol–water partition coefficient (Wildman–Crippen LogP) is 3.28. The number of rotatable bonds is 6. The first-order valence-electron chi connectivity index (χ1n) is 8.58. The Morgan fingerprint density at radius 1 is 1.24 bits per heavy atom. The van der Waals surface area contributed by atoms with Gasteiger partial charge in [-0.05, 0) is 57.1 Å². The van der Waals surface area contributed by atoms with Crippen molar-refractivity contribution in [1.29, 1.82) is 0 Å². The summed E-state index contributed by atoms with van der Waals surface area (Å²) in [6.45, 7) is 4.68. The van der Waals surface area contributed by atoms with Crippen LogP contribution in [-0.4, -0.2) is 39.7 Å². The van der Waals surface area contributed by atoms with Crippen molar-refractivity contribution in [3.63, 3.8) is 0 Å². The maximum absolute atomic E-state index is 5.67. The Labute approximate surface area is 146 Å². The lowest BCUT2D eigenvalue weighted by atomic mass is 10.2. The maximum Gasteiger partial charge on any atom is 0.261 e. The van der Waals surface area contributed by atoms with Gasteiger partial charge in [-0.1, -0.05) is 5.16 Å². The van der Waals surface area contributed by atoms with Gasteiger partial charge in [0.1, 0.15) is 11.6 Å². The molecule has 0 spiro atoms. The van der Waals surface area contributed by atoms with E-state index in [0.717, 1.165) is 30.2 Å². The van der Waals surface area contributed by atoms with E-state index in [0.29, 0.717) is 18.3 Å². The molecular weight excluding hydrogens is 318 g/mol. The van der Waals surface area contributed by atoms with Gasteiger partial charge in [-0.15, -0.1) is 0 Å². The molecule has 1 saturated heterocycles. The van der Waals surface area contributed by atoms with E-state index in [2.05, 4.69) is 25.3 Å². The van der Waals surface area contributed by atoms with Gasteiger partial charge in [0.2, 0.25) is 0 Å². The number of nitrogens with zero attached hydrogens (tertiary/aromatic N) is 4. The lowest BCUT2D eigenvalue weighted by Crippen LogP contribution is -2.31. The van der Waals surface area contributed by atoms with Crippen LogP contribution in [0, 0.1) is 6.92 Å². The second-order valence-electron chi connectivity index (χ2n) is 6.20. The molecule has 1 aliphatic rings. The van der Waals surface area contributed by atoms with E-state index in [-0.39, 0.29) is 6.04 Å². The van der Waals surface area contributed by atoms with E-state index in [4.69, 9.17) is 8.94 Å². The van der Waals surface area contributed by atoms with Crippen LogP contribution in [0.3, 0.4) is 0 Å². The Hall–Kier alpha value is -2.67. The zero-order valence-electron chi connectivity index (χ0n) is 14.2. The molecule has 1 atom stereocenters. The Morgan fingerprint density at radius 2 is 2.12 bits per heavy atom. The highest BCUT2D eigenvalue weighted by molar-refractivity contribution is 5.68. The van der Waals surface area contributed by atoms with Crippen LogP contribution in [0.15, 0.2) is 45.7 Å². The third kappa shape index (κ3) is 3.41. The predicted molar refractivity (Wildman–Crippen MR) is 93.0 cm³/mol. The van der Waals surface area contributed by atoms with E-state index in [1.54, 1.807) is 19.4 Å². The average molecular weight is 339 g/mol. The molecular formula is C18H21N5O2. The molecule has 1 N–H and O–H groups in total. The van der Waals surface area contributed by atoms with Crippen molar-refractivity contribution in [2.24, 2.45) is 0 Å². The topological polar surface area (TPSA) is 80.2 Å². The van der Waals surface area contributed by atoms with Crippen LogP contribution in [0.25, 0.3) is 11.5 Å². The van der Waals surface area contributed by atoms with Gasteiger partial charge in [0.05, 0.1) is 17.9 Å². The smallest absolute Gasteiger partial charge is 0.261 e. The van der Waals surface area contributed by atoms with E-state index < -0.39 is 0 Å². The molecule has 1 unspecified atom stereocenters. The van der Waals surface area contributed by atoms with Gasteiger partial charge in [0, 0.05) is 12.7 Å². The fourth-order valence-corrected chi connectivity index (χ4v) is 3.26. The summed E-state index contributed by atoms with van der Waals surface area (Å²) in [6, 6.07) is 7.94. The Kier molecular flexibility index (Phi) is 4.47. The lowest BCUT2D eigenvalue weighted by molar-refractivity contribution is 0.225. The van der Waals surface area contributed by atoms with E-state index in [9.17, 15) is 0 Å². The monoisotopic (exact) mass is 339 g/mol. The van der Waals surface area contributed by atoms with Gasteiger partial charge >= 0.3 is 0 Å². The number of likely N-dealkylation sites (tertiary alicyclic amines) is 1. The quantitative estimate of drug-likeness (QED) is 0.738. The number of hydrogen-bond donors (Lipinski definition) is 1. The second kappa shape index (κ2) is 7.06. The minimum Gasteiger partial charge on any atom is -0.468 e. The molecule has 1 aliphatic heterocycles. The first kappa shape index (κ1) is 15.8. The zero-order valence-corrected chi connectivity index (χ0v) is 14.2. The molecule has 0 aromatic carbocycles. The minimum atomic E-state index is 0.178. The van der Waals surface area contributed by atoms with Crippen molar-refractivity contribution < 1.29 is 8.94 Å². The number of hydrogen-bond acceptors (Lipinski definition) is 7. The summed E-state index contributed by atoms with van der Waals surface area (Å²) in [5, 5.41) is 7.31. The number of nitrogens with one attached hydrogen (secondary N) is 1. The molecule has 7 nitrogen and oxygen atoms in total. The van der Waals surface area contributed by atoms with Crippen molar-refractivity contribution in [2.75, 3.05) is 25.0 Å². The van der Waals surface area contributed by atoms with Crippen molar-refractivity contribution in [1.82, 2.24) is 20.0 Å². The molecule has 4 heterocycles. The number of aromatic nitrogens is 3. The fraction of sp³-hybridized carbons (Fsp3) is 0.389. The van der Waals surface area contributed by atoms with Crippen molar-refractivity contribution in [3.8, 4) is 11.5 Å². The van der Waals surface area contributed by atoms with Gasteiger partial charge in [0.25, 0.3) is 5.89 Å². The van der Waals surface area contributed by atoms with Crippen LogP contribution in [0.1, 0.15) is 30.5 Å². The van der Waals surface area contributed by atoms with Gasteiger partial charge in [0.15, 0.2) is 5.82 Å². The molecule has 0 amide bonds. The number of furan rings is 1. The molecule has 0 saturated carbocycles. The van der Waals surface area contributed by atoms with Crippen molar-refractivity contribution in [3.05, 3.63) is 48.3 Å². The molecule has 130 valence electrons. The molecule has 0 aliphatic carbocycles. The third-order valence-electron chi connectivity index (χ3n) is 4.48. The van der Waals surface area contributed by atoms with Gasteiger partial charge in [-0.3, -0.25) is 4.90 Å². The largest absolute Gasteiger partial charge is 0.468 e. The van der Waals surface area contributed by atoms with Crippen molar-refractivity contribution >= 4 is 5.82 Å². The summed E-state index contributed by atoms with van der Waals surface area (Å²) in [7, 11) is 0. The minimum absolute atomic E-state index is 0.178. The molecule has 0 radical (unpaired) electrons. The first-order chi connectivity index (χ1) is 12.3. The van der Waals surface area contributed by atoms with Crippen LogP contribution >= 0.6 is 0 Å². The maximum atomic E-state index is 5.67. The molecule has 3 aromatic rings. The first-order valence-corrected chi connectivity index (χ1v) is 8.58. The fourth-order valence-electron chi connectivity index (χ4n) is 3.26. The van der Waals surface area contributed by atoms with E-state index in [1.807, 2.05) is 24.3 Å². The molecule has 1 fully saturated rings. The summed E-state index contributed by atoms with van der Waals surface area (Å²) in [5.74, 6) is 2.79. The molecule has 25 heavy (non-hydrogen) atoms. The summed E-state index contributed by atoms with van der Waals surface area (Å²) in [4.78, 5) is 11.2. The van der Waals surface area contributed by atoms with Crippen LogP contribution in [0.4, 0.5) is 5.82 Å². The van der Waals surface area contributed by atoms with Crippen molar-refractivity contribution in [2.45, 2.75) is 25.8 Å². The molecule has 3 aromatic heterocycles. The highest BCUT2D eigenvalue weighted by atomic mass is 16.5. The SMILES string of the molecule is Cc1noc(-c2cccnc2NCC(c2ccco2)N2CCCC2)n1. The molecule has 7 heteroatoms. The van der Waals surface area contributed by atoms with Gasteiger partial charge in [-0.25, -0.2) is 4.98 Å². The number of anilines is 1. The van der Waals surface area contributed by atoms with Crippen LogP contribution in [0.2, 0.25) is 0 Å². The number of aryl methyl sites for hydroxylation is 1. The van der Waals surface area contributed by atoms with E-state index >= 15 is 0 Å². The summed E-state index contributed by atoms with van der Waals surface area (Å²) in [5.41, 5.74) is 0.808. The highest BCUT2D eigenvalue weighted by Gasteiger charge is 2.26. The standard InChI is InChI=1S/C18H21N5O2/c1-13-21-18(25-22-13)14-6-4-8-19-17(14)20-12-15(16-7-5-11-24-16)23-9-2-3-10-23/h4-8,11,15H,2-3,9-10,12H2,1H3,(H,19,20). The Balaban J connectivity index is 1.55. The van der Waals surface area contributed by atoms with Crippen LogP contribution in [0.5, 0.6) is 0 Å². The second-order valence-corrected chi connectivity index (χ2v) is 6.20. The average Bonchev–Trinajstić information content (AvgIpc) is 3.38. The zero-order chi connectivity index (χ0) is 17.1. The third-order valence-corrected chi connectivity index (χ3v) is 4.48. The van der Waals surface area contributed by atoms with Gasteiger partial charge < -0.3 is 14.3 Å². The summed E-state index contributed by atoms with van der Waals surface area (Å²) < 4.78 is 11.0. The number of pyridine rings is 1. The molecule has 0 bridgehead atoms.